The molecule has 0 spiro atoms. The Morgan fingerprint density at radius 3 is 2.70 bits per heavy atom. The second kappa shape index (κ2) is 7.45. The van der Waals surface area contributed by atoms with Gasteiger partial charge in [-0.25, -0.2) is 14.6 Å². The van der Waals surface area contributed by atoms with Crippen molar-refractivity contribution in [3.8, 4) is 5.82 Å². The first-order valence-corrected chi connectivity index (χ1v) is 9.27. The highest BCUT2D eigenvalue weighted by Gasteiger charge is 2.22. The first kappa shape index (κ1) is 17.6. The average Bonchev–Trinajstić information content (AvgIpc) is 3.09. The zero-order valence-corrected chi connectivity index (χ0v) is 16.3. The third-order valence-corrected chi connectivity index (χ3v) is 4.66. The average molecular weight is 428 g/mol. The number of likely N-dealkylation sites (N-methyl/N-ethyl adjacent to an activating group) is 1. The molecule has 3 aromatic rings. The summed E-state index contributed by atoms with van der Waals surface area (Å²) in [4.78, 5) is 24.9. The number of hydrogen-bond acceptors (Lipinski definition) is 6. The van der Waals surface area contributed by atoms with E-state index in [1.165, 1.54) is 0 Å². The van der Waals surface area contributed by atoms with Crippen molar-refractivity contribution >= 4 is 39.2 Å². The van der Waals surface area contributed by atoms with Crippen LogP contribution in [0.4, 0.5) is 17.3 Å². The number of nitrogens with zero attached hydrogens (tertiary/aromatic N) is 6. The molecule has 8 nitrogen and oxygen atoms in total. The van der Waals surface area contributed by atoms with Gasteiger partial charge in [-0.3, -0.25) is 9.69 Å². The van der Waals surface area contributed by atoms with Crippen molar-refractivity contribution in [3.05, 3.63) is 53.4 Å². The van der Waals surface area contributed by atoms with E-state index in [9.17, 15) is 4.79 Å². The van der Waals surface area contributed by atoms with Gasteiger partial charge in [0.15, 0.2) is 5.82 Å². The van der Waals surface area contributed by atoms with Crippen LogP contribution >= 0.6 is 15.9 Å². The molecule has 3 aromatic heterocycles. The Morgan fingerprint density at radius 1 is 1.11 bits per heavy atom. The molecule has 1 aliphatic heterocycles. The topological polar surface area (TPSA) is 79.2 Å². The minimum Gasteiger partial charge on any atom is -0.325 e. The lowest BCUT2D eigenvalue weighted by Crippen LogP contribution is -2.48. The number of aromatic nitrogens is 4. The standard InChI is InChI=1S/C18H18BrN7O/c1-24-7-8-25(18(27)12-24)14-5-6-15(20-10-14)22-16-3-2-4-17(23-16)26-11-13(19)9-21-26/h2-6,9-11H,7-8,12H2,1H3,(H,20,22,23). The number of anilines is 3. The van der Waals surface area contributed by atoms with Crippen molar-refractivity contribution < 1.29 is 4.79 Å². The lowest BCUT2D eigenvalue weighted by atomic mass is 10.2. The maximum absolute atomic E-state index is 12.2. The van der Waals surface area contributed by atoms with E-state index >= 15 is 0 Å². The van der Waals surface area contributed by atoms with Crippen LogP contribution in [0.15, 0.2) is 53.4 Å². The van der Waals surface area contributed by atoms with E-state index in [1.807, 2.05) is 48.5 Å². The Hall–Kier alpha value is -2.78. The maximum Gasteiger partial charge on any atom is 0.241 e. The van der Waals surface area contributed by atoms with Crippen LogP contribution in [0.2, 0.25) is 0 Å². The van der Waals surface area contributed by atoms with Gasteiger partial charge in [-0.15, -0.1) is 0 Å². The molecule has 4 rings (SSSR count). The molecule has 0 radical (unpaired) electrons. The Bertz CT molecular complexity index is 956. The second-order valence-corrected chi connectivity index (χ2v) is 7.21. The molecule has 1 saturated heterocycles. The van der Waals surface area contributed by atoms with E-state index < -0.39 is 0 Å². The molecule has 0 saturated carbocycles. The monoisotopic (exact) mass is 427 g/mol. The second-order valence-electron chi connectivity index (χ2n) is 6.29. The van der Waals surface area contributed by atoms with Crippen LogP contribution in [0, 0.1) is 0 Å². The van der Waals surface area contributed by atoms with Gasteiger partial charge in [0.25, 0.3) is 0 Å². The number of halogens is 1. The lowest BCUT2D eigenvalue weighted by Gasteiger charge is -2.31. The molecule has 27 heavy (non-hydrogen) atoms. The van der Waals surface area contributed by atoms with Crippen LogP contribution in [0.5, 0.6) is 0 Å². The summed E-state index contributed by atoms with van der Waals surface area (Å²) >= 11 is 3.38. The molecule has 0 aromatic carbocycles. The highest BCUT2D eigenvalue weighted by Crippen LogP contribution is 2.20. The van der Waals surface area contributed by atoms with Crippen molar-refractivity contribution in [2.24, 2.45) is 0 Å². The zero-order valence-electron chi connectivity index (χ0n) is 14.7. The number of nitrogens with one attached hydrogen (secondary N) is 1. The smallest absolute Gasteiger partial charge is 0.241 e. The normalized spacial score (nSPS) is 15.2. The van der Waals surface area contributed by atoms with Crippen LogP contribution in [0.1, 0.15) is 0 Å². The number of rotatable bonds is 4. The Balaban J connectivity index is 1.48. The molecule has 1 amide bonds. The molecular formula is C18H18BrN7O. The predicted molar refractivity (Wildman–Crippen MR) is 106 cm³/mol. The third-order valence-electron chi connectivity index (χ3n) is 4.25. The summed E-state index contributed by atoms with van der Waals surface area (Å²) in [6.07, 6.45) is 5.26. The van der Waals surface area contributed by atoms with Gasteiger partial charge in [0.2, 0.25) is 5.91 Å². The van der Waals surface area contributed by atoms with Crippen molar-refractivity contribution in [1.29, 1.82) is 0 Å². The summed E-state index contributed by atoms with van der Waals surface area (Å²) in [6.45, 7) is 1.96. The molecule has 4 heterocycles. The van der Waals surface area contributed by atoms with Crippen LogP contribution < -0.4 is 10.2 Å². The number of amides is 1. The molecule has 0 atom stereocenters. The van der Waals surface area contributed by atoms with E-state index in [4.69, 9.17) is 0 Å². The minimum absolute atomic E-state index is 0.0889. The van der Waals surface area contributed by atoms with Crippen LogP contribution in [0.3, 0.4) is 0 Å². The van der Waals surface area contributed by atoms with Gasteiger partial charge in [0.1, 0.15) is 11.6 Å². The molecule has 138 valence electrons. The number of hydrogen-bond donors (Lipinski definition) is 1. The Morgan fingerprint density at radius 2 is 2.00 bits per heavy atom. The Labute approximate surface area is 165 Å². The van der Waals surface area contributed by atoms with Gasteiger partial charge < -0.3 is 10.2 Å². The highest BCUT2D eigenvalue weighted by molar-refractivity contribution is 9.10. The molecule has 0 unspecified atom stereocenters. The summed E-state index contributed by atoms with van der Waals surface area (Å²) in [7, 11) is 1.95. The summed E-state index contributed by atoms with van der Waals surface area (Å²) in [6, 6.07) is 9.38. The van der Waals surface area contributed by atoms with Gasteiger partial charge >= 0.3 is 0 Å². The fraction of sp³-hybridized carbons (Fsp3) is 0.222. The largest absolute Gasteiger partial charge is 0.325 e. The molecule has 0 bridgehead atoms. The van der Waals surface area contributed by atoms with Crippen LogP contribution in [0.25, 0.3) is 5.82 Å². The molecule has 1 aliphatic rings. The van der Waals surface area contributed by atoms with Gasteiger partial charge in [0.05, 0.1) is 29.1 Å². The SMILES string of the molecule is CN1CCN(c2ccc(Nc3cccc(-n4cc(Br)cn4)n3)nc2)C(=O)C1. The molecule has 1 N–H and O–H groups in total. The molecular weight excluding hydrogens is 410 g/mol. The van der Waals surface area contributed by atoms with E-state index in [2.05, 4.69) is 36.3 Å². The number of carbonyl (C=O) groups excluding carboxylic acids is 1. The summed E-state index contributed by atoms with van der Waals surface area (Å²) in [5.74, 6) is 2.11. The summed E-state index contributed by atoms with van der Waals surface area (Å²) in [5.41, 5.74) is 0.807. The minimum atomic E-state index is 0.0889. The van der Waals surface area contributed by atoms with Crippen molar-refractivity contribution in [2.45, 2.75) is 0 Å². The maximum atomic E-state index is 12.2. The summed E-state index contributed by atoms with van der Waals surface area (Å²) < 4.78 is 2.57. The van der Waals surface area contributed by atoms with E-state index in [1.54, 1.807) is 22.0 Å². The van der Waals surface area contributed by atoms with Gasteiger partial charge in [-0.1, -0.05) is 6.07 Å². The number of pyridine rings is 2. The van der Waals surface area contributed by atoms with Gasteiger partial charge in [-0.05, 0) is 47.2 Å². The van der Waals surface area contributed by atoms with Crippen LogP contribution in [-0.4, -0.2) is 57.2 Å². The zero-order chi connectivity index (χ0) is 18.8. The molecule has 1 fully saturated rings. The lowest BCUT2D eigenvalue weighted by molar-refractivity contribution is -0.120. The Kier molecular flexibility index (Phi) is 4.87. The third kappa shape index (κ3) is 3.99. The first-order valence-electron chi connectivity index (χ1n) is 8.48. The van der Waals surface area contributed by atoms with Gasteiger partial charge in [0, 0.05) is 19.3 Å². The van der Waals surface area contributed by atoms with E-state index in [0.717, 1.165) is 16.7 Å². The summed E-state index contributed by atoms with van der Waals surface area (Å²) in [5, 5.41) is 7.42. The number of carbonyl (C=O) groups is 1. The quantitative estimate of drug-likeness (QED) is 0.688. The van der Waals surface area contributed by atoms with Gasteiger partial charge in [-0.2, -0.15) is 5.10 Å². The van der Waals surface area contributed by atoms with Crippen LogP contribution in [-0.2, 0) is 4.79 Å². The molecule has 9 heteroatoms. The highest BCUT2D eigenvalue weighted by atomic mass is 79.9. The number of piperazine rings is 1. The van der Waals surface area contributed by atoms with Crippen molar-refractivity contribution in [3.63, 3.8) is 0 Å². The predicted octanol–water partition coefficient (Wildman–Crippen LogP) is 2.45. The fourth-order valence-electron chi connectivity index (χ4n) is 2.86. The van der Waals surface area contributed by atoms with Crippen molar-refractivity contribution in [2.75, 3.05) is 36.9 Å². The van der Waals surface area contributed by atoms with E-state index in [-0.39, 0.29) is 5.91 Å². The first-order chi connectivity index (χ1) is 13.1. The van der Waals surface area contributed by atoms with Crippen molar-refractivity contribution in [1.82, 2.24) is 24.6 Å². The fourth-order valence-corrected chi connectivity index (χ4v) is 3.15. The molecule has 0 aliphatic carbocycles. The van der Waals surface area contributed by atoms with E-state index in [0.29, 0.717) is 30.5 Å².